The van der Waals surface area contributed by atoms with Crippen molar-refractivity contribution in [3.8, 4) is 0 Å². The van der Waals surface area contributed by atoms with Gasteiger partial charge in [0.1, 0.15) is 5.60 Å². The summed E-state index contributed by atoms with van der Waals surface area (Å²) in [4.78, 5) is 0. The highest BCUT2D eigenvalue weighted by molar-refractivity contribution is 5.03. The number of aliphatic hydroxyl groups is 1. The summed E-state index contributed by atoms with van der Waals surface area (Å²) in [5.41, 5.74) is -1.19. The fourth-order valence-corrected chi connectivity index (χ4v) is 0.913. The quantitative estimate of drug-likeness (QED) is 0.600. The van der Waals surface area contributed by atoms with Crippen LogP contribution in [0.15, 0.2) is 12.3 Å². The molecule has 0 aromatic rings. The Morgan fingerprint density at radius 3 is 2.40 bits per heavy atom. The second-order valence-corrected chi connectivity index (χ2v) is 3.48. The fourth-order valence-electron chi connectivity index (χ4n) is 0.913. The van der Waals surface area contributed by atoms with Gasteiger partial charge in [0, 0.05) is 6.42 Å². The highest BCUT2D eigenvalue weighted by Gasteiger charge is 2.42. The summed E-state index contributed by atoms with van der Waals surface area (Å²) in [6, 6.07) is 0. The normalized spacial score (nSPS) is 32.4. The Kier molecular flexibility index (Phi) is 1.51. The van der Waals surface area contributed by atoms with Crippen molar-refractivity contribution in [3.63, 3.8) is 0 Å². The molecule has 0 radical (unpaired) electrons. The van der Waals surface area contributed by atoms with Crippen molar-refractivity contribution in [1.82, 2.24) is 0 Å². The van der Waals surface area contributed by atoms with Crippen LogP contribution in [-0.4, -0.2) is 16.3 Å². The summed E-state index contributed by atoms with van der Waals surface area (Å²) >= 11 is 0. The minimum atomic E-state index is -0.767. The Hall–Kier alpha value is -0.500. The molecule has 0 saturated carbocycles. The zero-order valence-electron chi connectivity index (χ0n) is 6.72. The van der Waals surface area contributed by atoms with E-state index in [0.29, 0.717) is 0 Å². The van der Waals surface area contributed by atoms with Gasteiger partial charge in [0.05, 0.1) is 11.9 Å². The molecule has 58 valence electrons. The third kappa shape index (κ3) is 1.03. The molecule has 2 nitrogen and oxygen atoms in total. The maximum atomic E-state index is 9.61. The number of ether oxygens (including phenoxy) is 1. The number of hydrogen-bond acceptors (Lipinski definition) is 2. The highest BCUT2D eigenvalue weighted by atomic mass is 16.5. The van der Waals surface area contributed by atoms with Gasteiger partial charge >= 0.3 is 0 Å². The summed E-state index contributed by atoms with van der Waals surface area (Å²) in [5.74, 6) is 0. The van der Waals surface area contributed by atoms with Crippen LogP contribution in [-0.2, 0) is 4.74 Å². The summed E-state index contributed by atoms with van der Waals surface area (Å²) in [6.07, 6.45) is 4.37. The first-order valence-corrected chi connectivity index (χ1v) is 3.51. The molecule has 1 atom stereocenters. The van der Waals surface area contributed by atoms with Gasteiger partial charge in [-0.05, 0) is 26.8 Å². The molecule has 0 amide bonds. The predicted octanol–water partition coefficient (Wildman–Crippen LogP) is 1.45. The van der Waals surface area contributed by atoms with E-state index in [9.17, 15) is 5.11 Å². The van der Waals surface area contributed by atoms with Crippen LogP contribution in [0.3, 0.4) is 0 Å². The van der Waals surface area contributed by atoms with Crippen molar-refractivity contribution in [2.24, 2.45) is 0 Å². The van der Waals surface area contributed by atoms with Crippen molar-refractivity contribution < 1.29 is 9.84 Å². The van der Waals surface area contributed by atoms with Gasteiger partial charge in [0.15, 0.2) is 0 Å². The number of hydrogen-bond donors (Lipinski definition) is 1. The van der Waals surface area contributed by atoms with Gasteiger partial charge in [-0.3, -0.25) is 0 Å². The second-order valence-electron chi connectivity index (χ2n) is 3.48. The topological polar surface area (TPSA) is 29.5 Å². The fraction of sp³-hybridized carbons (Fsp3) is 0.750. The molecule has 1 unspecified atom stereocenters. The van der Waals surface area contributed by atoms with Gasteiger partial charge < -0.3 is 9.84 Å². The van der Waals surface area contributed by atoms with E-state index in [0.717, 1.165) is 6.42 Å². The van der Waals surface area contributed by atoms with Crippen LogP contribution in [0.5, 0.6) is 0 Å². The molecule has 0 bridgehead atoms. The van der Waals surface area contributed by atoms with E-state index < -0.39 is 11.2 Å². The Bertz CT molecular complexity index is 145. The molecule has 0 aliphatic carbocycles. The van der Waals surface area contributed by atoms with Crippen molar-refractivity contribution >= 4 is 0 Å². The van der Waals surface area contributed by atoms with Gasteiger partial charge in [-0.1, -0.05) is 0 Å². The Balaban J connectivity index is 2.71. The smallest absolute Gasteiger partial charge is 0.137 e. The molecule has 0 spiro atoms. The van der Waals surface area contributed by atoms with Crippen LogP contribution in [0.25, 0.3) is 0 Å². The molecule has 1 N–H and O–H groups in total. The maximum absolute atomic E-state index is 9.61. The molecule has 10 heavy (non-hydrogen) atoms. The largest absolute Gasteiger partial charge is 0.492 e. The first-order chi connectivity index (χ1) is 4.46. The summed E-state index contributed by atoms with van der Waals surface area (Å²) in [7, 11) is 0. The minimum absolute atomic E-state index is 0.424. The van der Waals surface area contributed by atoms with Gasteiger partial charge in [-0.15, -0.1) is 0 Å². The van der Waals surface area contributed by atoms with E-state index in [1.165, 1.54) is 0 Å². The molecule has 2 heteroatoms. The lowest BCUT2D eigenvalue weighted by Gasteiger charge is -2.35. The standard InChI is InChI=1S/C8H14O2/c1-7(2,9)8(3)5-4-6-10-8/h4,6,9H,5H2,1-3H3. The van der Waals surface area contributed by atoms with E-state index >= 15 is 0 Å². The van der Waals surface area contributed by atoms with Crippen molar-refractivity contribution in [2.45, 2.75) is 38.4 Å². The molecule has 0 saturated heterocycles. The lowest BCUT2D eigenvalue weighted by molar-refractivity contribution is -0.112. The Morgan fingerprint density at radius 2 is 2.20 bits per heavy atom. The third-order valence-corrected chi connectivity index (χ3v) is 2.23. The SMILES string of the molecule is CC(C)(O)C1(C)CC=CO1. The van der Waals surface area contributed by atoms with Gasteiger partial charge in [0.2, 0.25) is 0 Å². The van der Waals surface area contributed by atoms with Gasteiger partial charge in [0.25, 0.3) is 0 Å². The molecule has 0 aromatic heterocycles. The summed E-state index contributed by atoms with van der Waals surface area (Å²) in [5, 5.41) is 9.61. The molecular formula is C8H14O2. The third-order valence-electron chi connectivity index (χ3n) is 2.23. The lowest BCUT2D eigenvalue weighted by Crippen LogP contribution is -2.46. The molecule has 0 fully saturated rings. The average molecular weight is 142 g/mol. The maximum Gasteiger partial charge on any atom is 0.137 e. The van der Waals surface area contributed by atoms with E-state index in [1.54, 1.807) is 20.1 Å². The highest BCUT2D eigenvalue weighted by Crippen LogP contribution is 2.33. The van der Waals surface area contributed by atoms with Crippen LogP contribution in [0.2, 0.25) is 0 Å². The van der Waals surface area contributed by atoms with Crippen molar-refractivity contribution in [3.05, 3.63) is 12.3 Å². The molecule has 1 aliphatic rings. The van der Waals surface area contributed by atoms with Crippen LogP contribution < -0.4 is 0 Å². The van der Waals surface area contributed by atoms with Crippen LogP contribution >= 0.6 is 0 Å². The molecular weight excluding hydrogens is 128 g/mol. The molecule has 1 rings (SSSR count). The van der Waals surface area contributed by atoms with Crippen molar-refractivity contribution in [1.29, 1.82) is 0 Å². The van der Waals surface area contributed by atoms with E-state index in [-0.39, 0.29) is 0 Å². The second kappa shape index (κ2) is 1.99. The predicted molar refractivity (Wildman–Crippen MR) is 39.5 cm³/mol. The molecule has 1 aliphatic heterocycles. The molecule has 1 heterocycles. The summed E-state index contributed by atoms with van der Waals surface area (Å²) < 4.78 is 5.27. The lowest BCUT2D eigenvalue weighted by atomic mass is 9.86. The summed E-state index contributed by atoms with van der Waals surface area (Å²) in [6.45, 7) is 5.44. The van der Waals surface area contributed by atoms with Gasteiger partial charge in [-0.2, -0.15) is 0 Å². The number of rotatable bonds is 1. The van der Waals surface area contributed by atoms with E-state index in [2.05, 4.69) is 0 Å². The monoisotopic (exact) mass is 142 g/mol. The zero-order chi connectivity index (χ0) is 7.83. The van der Waals surface area contributed by atoms with Crippen LogP contribution in [0.1, 0.15) is 27.2 Å². The Labute approximate surface area is 61.5 Å². The van der Waals surface area contributed by atoms with E-state index in [1.807, 2.05) is 13.0 Å². The van der Waals surface area contributed by atoms with Crippen LogP contribution in [0, 0.1) is 0 Å². The Morgan fingerprint density at radius 1 is 1.60 bits per heavy atom. The first-order valence-electron chi connectivity index (χ1n) is 3.51. The first kappa shape index (κ1) is 7.61. The molecule has 0 aromatic carbocycles. The van der Waals surface area contributed by atoms with E-state index in [4.69, 9.17) is 4.74 Å². The van der Waals surface area contributed by atoms with Crippen molar-refractivity contribution in [2.75, 3.05) is 0 Å². The van der Waals surface area contributed by atoms with Crippen LogP contribution in [0.4, 0.5) is 0 Å². The van der Waals surface area contributed by atoms with Gasteiger partial charge in [-0.25, -0.2) is 0 Å². The zero-order valence-corrected chi connectivity index (χ0v) is 6.72. The minimum Gasteiger partial charge on any atom is -0.492 e. The average Bonchev–Trinajstić information content (AvgIpc) is 2.13.